The molecule has 0 saturated heterocycles. The molecule has 0 spiro atoms. The van der Waals surface area contributed by atoms with Gasteiger partial charge in [0.1, 0.15) is 0 Å². The van der Waals surface area contributed by atoms with E-state index in [-0.39, 0.29) is 0 Å². The number of hydrogen-bond donors (Lipinski definition) is 0. The molecule has 0 aliphatic heterocycles. The van der Waals surface area contributed by atoms with Gasteiger partial charge in [-0.15, -0.1) is 0 Å². The maximum Gasteiger partial charge on any atom is 0.0434 e. The quantitative estimate of drug-likeness (QED) is 0.379. The molecule has 0 radical (unpaired) electrons. The fraction of sp³-hybridized carbons (Fsp3) is 0.593. The average Bonchev–Trinajstić information content (AvgIpc) is 2.76. The molecule has 1 aliphatic carbocycles. The molecular weight excluding hydrogens is 338 g/mol. The SMILES string of the molecule is CCCCCCc1ccc(-c2ccc([C@H]3CC[C@H](CCCC)CC3)nc2)cc1. The predicted octanol–water partition coefficient (Wildman–Crippen LogP) is 8.34. The lowest BCUT2D eigenvalue weighted by Crippen LogP contribution is -2.14. The largest absolute Gasteiger partial charge is 0.260 e. The third kappa shape index (κ3) is 6.19. The minimum absolute atomic E-state index is 0.678. The Kier molecular flexibility index (Phi) is 8.58. The zero-order valence-electron chi connectivity index (χ0n) is 18.1. The molecule has 1 heterocycles. The Balaban J connectivity index is 1.51. The Morgan fingerprint density at radius 2 is 1.46 bits per heavy atom. The van der Waals surface area contributed by atoms with Gasteiger partial charge in [-0.25, -0.2) is 0 Å². The molecule has 0 unspecified atom stereocenters. The number of hydrogen-bond acceptors (Lipinski definition) is 1. The number of aryl methyl sites for hydroxylation is 1. The van der Waals surface area contributed by atoms with Gasteiger partial charge in [0.2, 0.25) is 0 Å². The van der Waals surface area contributed by atoms with E-state index in [0.29, 0.717) is 5.92 Å². The third-order valence-corrected chi connectivity index (χ3v) is 6.62. The molecule has 0 atom stereocenters. The highest BCUT2D eigenvalue weighted by Gasteiger charge is 2.22. The van der Waals surface area contributed by atoms with Gasteiger partial charge in [-0.2, -0.15) is 0 Å². The van der Waals surface area contributed by atoms with Gasteiger partial charge in [-0.3, -0.25) is 4.98 Å². The van der Waals surface area contributed by atoms with Gasteiger partial charge in [0.15, 0.2) is 0 Å². The molecule has 1 saturated carbocycles. The fourth-order valence-electron chi connectivity index (χ4n) is 4.68. The molecule has 3 rings (SSSR count). The Morgan fingerprint density at radius 1 is 0.750 bits per heavy atom. The second-order valence-electron chi connectivity index (χ2n) is 8.84. The number of rotatable bonds is 10. The van der Waals surface area contributed by atoms with Crippen LogP contribution < -0.4 is 0 Å². The van der Waals surface area contributed by atoms with Gasteiger partial charge in [0.05, 0.1) is 0 Å². The lowest BCUT2D eigenvalue weighted by Gasteiger charge is -2.28. The van der Waals surface area contributed by atoms with Crippen molar-refractivity contribution in [2.24, 2.45) is 5.92 Å². The second-order valence-corrected chi connectivity index (χ2v) is 8.84. The standard InChI is InChI=1S/C27H39N/c1-3-5-7-8-10-23-11-15-24(16-12-23)26-19-20-27(28-21-26)25-17-13-22(14-18-25)9-6-4-2/h11-12,15-16,19-22,25H,3-10,13-14,17-18H2,1-2H3/t22-,25-. The summed E-state index contributed by atoms with van der Waals surface area (Å²) < 4.78 is 0. The first kappa shape index (κ1) is 21.1. The maximum absolute atomic E-state index is 4.86. The Morgan fingerprint density at radius 3 is 2.11 bits per heavy atom. The normalized spacial score (nSPS) is 19.6. The summed E-state index contributed by atoms with van der Waals surface area (Å²) in [5.41, 5.74) is 5.31. The highest BCUT2D eigenvalue weighted by atomic mass is 14.7. The van der Waals surface area contributed by atoms with Gasteiger partial charge < -0.3 is 0 Å². The van der Waals surface area contributed by atoms with E-state index in [0.717, 1.165) is 5.92 Å². The molecule has 1 heteroatoms. The van der Waals surface area contributed by atoms with Gasteiger partial charge in [-0.05, 0) is 61.6 Å². The van der Waals surface area contributed by atoms with Crippen molar-refractivity contribution in [3.63, 3.8) is 0 Å². The molecule has 1 nitrogen and oxygen atoms in total. The molecule has 28 heavy (non-hydrogen) atoms. The van der Waals surface area contributed by atoms with Gasteiger partial charge in [0, 0.05) is 23.4 Å². The number of unbranched alkanes of at least 4 members (excludes halogenated alkanes) is 4. The molecule has 0 amide bonds. The van der Waals surface area contributed by atoms with Crippen LogP contribution in [0.25, 0.3) is 11.1 Å². The first-order valence-corrected chi connectivity index (χ1v) is 11.9. The average molecular weight is 378 g/mol. The van der Waals surface area contributed by atoms with Crippen LogP contribution in [-0.4, -0.2) is 4.98 Å². The molecular formula is C27H39N. The molecule has 2 aromatic rings. The van der Waals surface area contributed by atoms with Gasteiger partial charge >= 0.3 is 0 Å². The minimum Gasteiger partial charge on any atom is -0.260 e. The molecule has 1 aliphatic rings. The summed E-state index contributed by atoms with van der Waals surface area (Å²) in [5, 5.41) is 0. The van der Waals surface area contributed by atoms with E-state index in [1.54, 1.807) is 0 Å². The van der Waals surface area contributed by atoms with Crippen LogP contribution in [0.15, 0.2) is 42.6 Å². The number of nitrogens with zero attached hydrogens (tertiary/aromatic N) is 1. The van der Waals surface area contributed by atoms with E-state index in [1.165, 1.54) is 99.4 Å². The molecule has 0 bridgehead atoms. The number of pyridine rings is 1. The Bertz CT molecular complexity index is 662. The topological polar surface area (TPSA) is 12.9 Å². The van der Waals surface area contributed by atoms with Crippen LogP contribution in [0.2, 0.25) is 0 Å². The summed E-state index contributed by atoms with van der Waals surface area (Å²) >= 11 is 0. The van der Waals surface area contributed by atoms with Crippen molar-refractivity contribution in [3.8, 4) is 11.1 Å². The van der Waals surface area contributed by atoms with Crippen molar-refractivity contribution < 1.29 is 0 Å². The van der Waals surface area contributed by atoms with Gasteiger partial charge in [0.25, 0.3) is 0 Å². The summed E-state index contributed by atoms with van der Waals surface area (Å²) in [7, 11) is 0. The van der Waals surface area contributed by atoms with Crippen molar-refractivity contribution in [2.75, 3.05) is 0 Å². The smallest absolute Gasteiger partial charge is 0.0434 e. The van der Waals surface area contributed by atoms with E-state index >= 15 is 0 Å². The van der Waals surface area contributed by atoms with Crippen molar-refractivity contribution in [2.45, 2.75) is 96.8 Å². The van der Waals surface area contributed by atoms with Crippen LogP contribution >= 0.6 is 0 Å². The third-order valence-electron chi connectivity index (χ3n) is 6.62. The number of benzene rings is 1. The lowest BCUT2D eigenvalue weighted by molar-refractivity contribution is 0.301. The lowest BCUT2D eigenvalue weighted by atomic mass is 9.78. The van der Waals surface area contributed by atoms with Crippen LogP contribution in [0.3, 0.4) is 0 Å². The highest BCUT2D eigenvalue weighted by molar-refractivity contribution is 5.62. The predicted molar refractivity (Wildman–Crippen MR) is 122 cm³/mol. The van der Waals surface area contributed by atoms with Crippen LogP contribution in [0, 0.1) is 5.92 Å². The molecule has 0 N–H and O–H groups in total. The summed E-state index contributed by atoms with van der Waals surface area (Å²) in [6.07, 6.45) is 18.2. The minimum atomic E-state index is 0.678. The highest BCUT2D eigenvalue weighted by Crippen LogP contribution is 2.37. The monoisotopic (exact) mass is 377 g/mol. The first-order chi connectivity index (χ1) is 13.8. The van der Waals surface area contributed by atoms with E-state index in [1.807, 2.05) is 0 Å². The zero-order valence-corrected chi connectivity index (χ0v) is 18.1. The summed E-state index contributed by atoms with van der Waals surface area (Å²) in [6.45, 7) is 4.57. The van der Waals surface area contributed by atoms with Crippen molar-refractivity contribution in [1.29, 1.82) is 0 Å². The van der Waals surface area contributed by atoms with Crippen molar-refractivity contribution >= 4 is 0 Å². The summed E-state index contributed by atoms with van der Waals surface area (Å²) in [4.78, 5) is 4.86. The van der Waals surface area contributed by atoms with Gasteiger partial charge in [-0.1, -0.05) is 82.7 Å². The molecule has 1 fully saturated rings. The van der Waals surface area contributed by atoms with Crippen molar-refractivity contribution in [3.05, 3.63) is 53.9 Å². The van der Waals surface area contributed by atoms with Crippen LogP contribution in [0.5, 0.6) is 0 Å². The van der Waals surface area contributed by atoms with Crippen LogP contribution in [-0.2, 0) is 6.42 Å². The Labute approximate surface area is 173 Å². The van der Waals surface area contributed by atoms with Crippen LogP contribution in [0.1, 0.15) is 102 Å². The van der Waals surface area contributed by atoms with E-state index in [9.17, 15) is 0 Å². The molecule has 1 aromatic carbocycles. The van der Waals surface area contributed by atoms with E-state index in [2.05, 4.69) is 56.4 Å². The molecule has 1 aromatic heterocycles. The fourth-order valence-corrected chi connectivity index (χ4v) is 4.68. The van der Waals surface area contributed by atoms with Crippen molar-refractivity contribution in [1.82, 2.24) is 4.98 Å². The summed E-state index contributed by atoms with van der Waals surface area (Å²) in [5.74, 6) is 1.65. The number of aromatic nitrogens is 1. The van der Waals surface area contributed by atoms with Crippen LogP contribution in [0.4, 0.5) is 0 Å². The maximum atomic E-state index is 4.86. The van der Waals surface area contributed by atoms with E-state index < -0.39 is 0 Å². The zero-order chi connectivity index (χ0) is 19.6. The Hall–Kier alpha value is -1.63. The first-order valence-electron chi connectivity index (χ1n) is 11.9. The summed E-state index contributed by atoms with van der Waals surface area (Å²) in [6, 6.07) is 13.7. The van der Waals surface area contributed by atoms with E-state index in [4.69, 9.17) is 4.98 Å². The molecule has 152 valence electrons. The second kappa shape index (κ2) is 11.4.